The van der Waals surface area contributed by atoms with Crippen LogP contribution in [0, 0.1) is 0 Å². The summed E-state index contributed by atoms with van der Waals surface area (Å²) < 4.78 is 0. The van der Waals surface area contributed by atoms with Crippen LogP contribution >= 0.6 is 0 Å². The molecule has 0 aliphatic heterocycles. The first-order valence-corrected chi connectivity index (χ1v) is 12.3. The SMILES string of the molecule is CCCCCCCCCCCCCCCCCCNC(=O)CCC=C(C)C(N)=O. The Kier molecular flexibility index (Phi) is 20.4. The first-order valence-electron chi connectivity index (χ1n) is 12.3. The maximum atomic E-state index is 11.7. The van der Waals surface area contributed by atoms with Crippen LogP contribution in [0.4, 0.5) is 0 Å². The van der Waals surface area contributed by atoms with Crippen LogP contribution < -0.4 is 11.1 Å². The molecule has 0 fully saturated rings. The molecule has 0 saturated carbocycles. The zero-order valence-electron chi connectivity index (χ0n) is 19.4. The number of nitrogens with two attached hydrogens (primary N) is 1. The van der Waals surface area contributed by atoms with Crippen molar-refractivity contribution in [1.29, 1.82) is 0 Å². The highest BCUT2D eigenvalue weighted by Gasteiger charge is 2.01. The molecule has 3 N–H and O–H groups in total. The smallest absolute Gasteiger partial charge is 0.244 e. The van der Waals surface area contributed by atoms with E-state index in [0.29, 0.717) is 18.4 Å². The number of hydrogen-bond acceptors (Lipinski definition) is 2. The molecule has 0 heterocycles. The highest BCUT2D eigenvalue weighted by molar-refractivity contribution is 5.91. The predicted molar refractivity (Wildman–Crippen MR) is 125 cm³/mol. The Morgan fingerprint density at radius 1 is 0.724 bits per heavy atom. The van der Waals surface area contributed by atoms with Crippen molar-refractivity contribution >= 4 is 11.8 Å². The van der Waals surface area contributed by atoms with Gasteiger partial charge in [-0.05, 0) is 19.8 Å². The summed E-state index contributed by atoms with van der Waals surface area (Å²) in [5.41, 5.74) is 5.68. The second-order valence-corrected chi connectivity index (χ2v) is 8.44. The van der Waals surface area contributed by atoms with Gasteiger partial charge in [-0.3, -0.25) is 9.59 Å². The molecule has 0 aliphatic carbocycles. The van der Waals surface area contributed by atoms with Gasteiger partial charge in [-0.15, -0.1) is 0 Å². The number of unbranched alkanes of at least 4 members (excludes halogenated alkanes) is 15. The summed E-state index contributed by atoms with van der Waals surface area (Å²) in [6.45, 7) is 4.71. The molecule has 4 heteroatoms. The number of primary amides is 1. The summed E-state index contributed by atoms with van der Waals surface area (Å²) in [4.78, 5) is 22.6. The van der Waals surface area contributed by atoms with Crippen molar-refractivity contribution in [1.82, 2.24) is 5.32 Å². The fourth-order valence-electron chi connectivity index (χ4n) is 3.51. The summed E-state index contributed by atoms with van der Waals surface area (Å²) in [5.74, 6) is -0.363. The molecule has 0 radical (unpaired) electrons. The second kappa shape index (κ2) is 21.4. The zero-order chi connectivity index (χ0) is 21.6. The van der Waals surface area contributed by atoms with Gasteiger partial charge in [0.2, 0.25) is 11.8 Å². The van der Waals surface area contributed by atoms with E-state index in [1.807, 2.05) is 0 Å². The lowest BCUT2D eigenvalue weighted by Gasteiger charge is -2.05. The summed E-state index contributed by atoms with van der Waals surface area (Å²) in [7, 11) is 0. The highest BCUT2D eigenvalue weighted by atomic mass is 16.1. The van der Waals surface area contributed by atoms with Gasteiger partial charge in [-0.1, -0.05) is 109 Å². The van der Waals surface area contributed by atoms with Gasteiger partial charge in [-0.25, -0.2) is 0 Å². The number of hydrogen-bond donors (Lipinski definition) is 2. The predicted octanol–water partition coefficient (Wildman–Crippen LogP) is 6.58. The van der Waals surface area contributed by atoms with Crippen LogP contribution in [0.15, 0.2) is 11.6 Å². The summed E-state index contributed by atoms with van der Waals surface area (Å²) in [5, 5.41) is 2.95. The van der Waals surface area contributed by atoms with Crippen LogP contribution in [0.1, 0.15) is 129 Å². The van der Waals surface area contributed by atoms with Crippen molar-refractivity contribution < 1.29 is 9.59 Å². The maximum Gasteiger partial charge on any atom is 0.244 e. The second-order valence-electron chi connectivity index (χ2n) is 8.44. The van der Waals surface area contributed by atoms with Crippen molar-refractivity contribution in [3.63, 3.8) is 0 Å². The van der Waals surface area contributed by atoms with Gasteiger partial charge in [-0.2, -0.15) is 0 Å². The molecule has 0 unspecified atom stereocenters. The Labute approximate surface area is 180 Å². The molecular formula is C25H48N2O2. The summed E-state index contributed by atoms with van der Waals surface area (Å²) in [6.07, 6.45) is 24.5. The zero-order valence-corrected chi connectivity index (χ0v) is 19.4. The monoisotopic (exact) mass is 408 g/mol. The molecule has 0 saturated heterocycles. The van der Waals surface area contributed by atoms with Gasteiger partial charge in [0.1, 0.15) is 0 Å². The molecule has 4 nitrogen and oxygen atoms in total. The molecule has 0 spiro atoms. The van der Waals surface area contributed by atoms with E-state index in [1.54, 1.807) is 13.0 Å². The minimum Gasteiger partial charge on any atom is -0.366 e. The van der Waals surface area contributed by atoms with E-state index in [9.17, 15) is 9.59 Å². The lowest BCUT2D eigenvalue weighted by molar-refractivity contribution is -0.121. The van der Waals surface area contributed by atoms with Gasteiger partial charge in [0, 0.05) is 18.5 Å². The average molecular weight is 409 g/mol. The number of allylic oxidation sites excluding steroid dienone is 1. The first-order chi connectivity index (χ1) is 14.1. The third kappa shape index (κ3) is 21.2. The number of carbonyl (C=O) groups excluding carboxylic acids is 2. The molecule has 0 rings (SSSR count). The molecule has 0 aromatic rings. The Morgan fingerprint density at radius 3 is 1.55 bits per heavy atom. The third-order valence-electron chi connectivity index (χ3n) is 5.56. The lowest BCUT2D eigenvalue weighted by atomic mass is 10.0. The Bertz CT molecular complexity index is 433. The molecule has 0 aromatic heterocycles. The minimum absolute atomic E-state index is 0.0551. The van der Waals surface area contributed by atoms with E-state index in [1.165, 1.54) is 96.3 Å². The molecule has 0 aromatic carbocycles. The van der Waals surface area contributed by atoms with Crippen molar-refractivity contribution in [3.8, 4) is 0 Å². The van der Waals surface area contributed by atoms with Gasteiger partial charge in [0.25, 0.3) is 0 Å². The summed E-state index contributed by atoms with van der Waals surface area (Å²) >= 11 is 0. The van der Waals surface area contributed by atoms with Crippen molar-refractivity contribution in [2.24, 2.45) is 5.73 Å². The fourth-order valence-corrected chi connectivity index (χ4v) is 3.51. The average Bonchev–Trinajstić information content (AvgIpc) is 2.70. The maximum absolute atomic E-state index is 11.7. The van der Waals surface area contributed by atoms with Crippen molar-refractivity contribution in [2.45, 2.75) is 129 Å². The third-order valence-corrected chi connectivity index (χ3v) is 5.56. The molecule has 0 atom stereocenters. The molecular weight excluding hydrogens is 360 g/mol. The number of carbonyl (C=O) groups is 2. The van der Waals surface area contributed by atoms with E-state index in [2.05, 4.69) is 12.2 Å². The number of rotatable bonds is 21. The number of amides is 2. The van der Waals surface area contributed by atoms with E-state index in [4.69, 9.17) is 5.73 Å². The topological polar surface area (TPSA) is 72.2 Å². The minimum atomic E-state index is -0.418. The van der Waals surface area contributed by atoms with E-state index in [0.717, 1.165) is 13.0 Å². The van der Waals surface area contributed by atoms with E-state index >= 15 is 0 Å². The standard InChI is InChI=1S/C25H48N2O2/c1-3-4-5-6-7-8-9-10-11-12-13-14-15-16-17-18-22-27-24(28)21-19-20-23(2)25(26)29/h20H,3-19,21-22H2,1-2H3,(H2,26,29)(H,27,28). The van der Waals surface area contributed by atoms with Gasteiger partial charge in [0.05, 0.1) is 0 Å². The fraction of sp³-hybridized carbons (Fsp3) is 0.840. The summed E-state index contributed by atoms with van der Waals surface area (Å²) in [6, 6.07) is 0. The van der Waals surface area contributed by atoms with Crippen molar-refractivity contribution in [2.75, 3.05) is 6.54 Å². The van der Waals surface area contributed by atoms with Crippen LogP contribution in [0.25, 0.3) is 0 Å². The molecule has 0 aliphatic rings. The van der Waals surface area contributed by atoms with E-state index in [-0.39, 0.29) is 5.91 Å². The lowest BCUT2D eigenvalue weighted by Crippen LogP contribution is -2.23. The van der Waals surface area contributed by atoms with Crippen LogP contribution in [0.2, 0.25) is 0 Å². The normalized spacial score (nSPS) is 11.6. The molecule has 0 bridgehead atoms. The number of nitrogens with one attached hydrogen (secondary N) is 1. The molecule has 170 valence electrons. The highest BCUT2D eigenvalue weighted by Crippen LogP contribution is 2.13. The largest absolute Gasteiger partial charge is 0.366 e. The Balaban J connectivity index is 3.23. The van der Waals surface area contributed by atoms with Crippen LogP contribution in [0.5, 0.6) is 0 Å². The quantitative estimate of drug-likeness (QED) is 0.166. The van der Waals surface area contributed by atoms with Gasteiger partial charge < -0.3 is 11.1 Å². The molecule has 2 amide bonds. The van der Waals surface area contributed by atoms with Gasteiger partial charge in [0.15, 0.2) is 0 Å². The first kappa shape index (κ1) is 27.7. The molecule has 29 heavy (non-hydrogen) atoms. The van der Waals surface area contributed by atoms with Crippen LogP contribution in [-0.2, 0) is 9.59 Å². The Morgan fingerprint density at radius 2 is 1.14 bits per heavy atom. The van der Waals surface area contributed by atoms with Gasteiger partial charge >= 0.3 is 0 Å². The van der Waals surface area contributed by atoms with Crippen LogP contribution in [0.3, 0.4) is 0 Å². The van der Waals surface area contributed by atoms with Crippen LogP contribution in [-0.4, -0.2) is 18.4 Å². The van der Waals surface area contributed by atoms with E-state index < -0.39 is 5.91 Å². The Hall–Kier alpha value is -1.32. The van der Waals surface area contributed by atoms with Crippen molar-refractivity contribution in [3.05, 3.63) is 11.6 Å².